The van der Waals surface area contributed by atoms with E-state index in [9.17, 15) is 14.7 Å². The third-order valence-corrected chi connectivity index (χ3v) is 5.22. The predicted molar refractivity (Wildman–Crippen MR) is 119 cm³/mol. The Kier molecular flexibility index (Phi) is 6.26. The molecule has 0 aliphatic carbocycles. The van der Waals surface area contributed by atoms with Gasteiger partial charge in [0.2, 0.25) is 0 Å². The summed E-state index contributed by atoms with van der Waals surface area (Å²) in [5, 5.41) is 11.1. The van der Waals surface area contributed by atoms with Crippen molar-refractivity contribution in [2.24, 2.45) is 0 Å². The van der Waals surface area contributed by atoms with Crippen molar-refractivity contribution in [2.45, 2.75) is 25.9 Å². The summed E-state index contributed by atoms with van der Waals surface area (Å²) in [6.45, 7) is 2.79. The highest BCUT2D eigenvalue weighted by atomic mass is 16.5. The summed E-state index contributed by atoms with van der Waals surface area (Å²) in [7, 11) is 0. The molecule has 3 aromatic rings. The van der Waals surface area contributed by atoms with Gasteiger partial charge in [-0.2, -0.15) is 0 Å². The number of nitrogens with zero attached hydrogens (tertiary/aromatic N) is 3. The maximum atomic E-state index is 13.0. The SMILES string of the molecule is CCCOc1ccc(/C(O)=C2\C(=O)C(=O)N(Cc3cccnc3)[C@H]2c2cccnc2)cc1. The number of carbonyl (C=O) groups is 2. The Morgan fingerprint density at radius 2 is 1.75 bits per heavy atom. The number of aliphatic hydroxyl groups excluding tert-OH is 1. The fourth-order valence-corrected chi connectivity index (χ4v) is 3.70. The van der Waals surface area contributed by atoms with E-state index in [4.69, 9.17) is 4.74 Å². The van der Waals surface area contributed by atoms with E-state index >= 15 is 0 Å². The number of ketones is 1. The van der Waals surface area contributed by atoms with Gasteiger partial charge in [0, 0.05) is 36.9 Å². The lowest BCUT2D eigenvalue weighted by molar-refractivity contribution is -0.140. The number of ether oxygens (including phenoxy) is 1. The van der Waals surface area contributed by atoms with Gasteiger partial charge in [-0.25, -0.2) is 0 Å². The molecule has 1 saturated heterocycles. The minimum Gasteiger partial charge on any atom is -0.507 e. The molecule has 1 atom stereocenters. The van der Waals surface area contributed by atoms with Gasteiger partial charge in [-0.05, 0) is 53.9 Å². The fraction of sp³-hybridized carbons (Fsp3) is 0.200. The van der Waals surface area contributed by atoms with Gasteiger partial charge in [-0.15, -0.1) is 0 Å². The third-order valence-electron chi connectivity index (χ3n) is 5.22. The van der Waals surface area contributed by atoms with Crippen LogP contribution < -0.4 is 4.74 Å². The Balaban J connectivity index is 1.76. The lowest BCUT2D eigenvalue weighted by Gasteiger charge is -2.25. The van der Waals surface area contributed by atoms with Crippen molar-refractivity contribution in [2.75, 3.05) is 6.61 Å². The first-order valence-electron chi connectivity index (χ1n) is 10.4. The molecule has 3 heterocycles. The van der Waals surface area contributed by atoms with E-state index in [2.05, 4.69) is 9.97 Å². The van der Waals surface area contributed by atoms with Gasteiger partial charge in [0.15, 0.2) is 0 Å². The van der Waals surface area contributed by atoms with Crippen LogP contribution in [0.2, 0.25) is 0 Å². The van der Waals surface area contributed by atoms with Crippen molar-refractivity contribution in [3.05, 3.63) is 95.6 Å². The average Bonchev–Trinajstić information content (AvgIpc) is 3.09. The second-order valence-corrected chi connectivity index (χ2v) is 7.45. The van der Waals surface area contributed by atoms with Crippen molar-refractivity contribution in [1.82, 2.24) is 14.9 Å². The maximum Gasteiger partial charge on any atom is 0.295 e. The van der Waals surface area contributed by atoms with Crippen molar-refractivity contribution >= 4 is 17.4 Å². The second-order valence-electron chi connectivity index (χ2n) is 7.45. The van der Waals surface area contributed by atoms with Gasteiger partial charge in [0.25, 0.3) is 11.7 Å². The van der Waals surface area contributed by atoms with Crippen molar-refractivity contribution in [3.8, 4) is 5.75 Å². The van der Waals surface area contributed by atoms with Gasteiger partial charge < -0.3 is 14.7 Å². The van der Waals surface area contributed by atoms with E-state index in [1.54, 1.807) is 67.3 Å². The van der Waals surface area contributed by atoms with E-state index < -0.39 is 17.7 Å². The normalized spacial score (nSPS) is 17.5. The van der Waals surface area contributed by atoms with Crippen LogP contribution in [0, 0.1) is 0 Å². The first kappa shape index (κ1) is 21.2. The number of aromatic nitrogens is 2. The van der Waals surface area contributed by atoms with E-state index in [0.717, 1.165) is 12.0 Å². The molecular formula is C25H23N3O4. The van der Waals surface area contributed by atoms with Crippen molar-refractivity contribution in [1.29, 1.82) is 0 Å². The Morgan fingerprint density at radius 3 is 2.38 bits per heavy atom. The zero-order valence-electron chi connectivity index (χ0n) is 17.6. The molecule has 1 amide bonds. The number of hydrogen-bond donors (Lipinski definition) is 1. The number of Topliss-reactive ketones (excluding diaryl/α,β-unsaturated/α-hetero) is 1. The molecule has 0 spiro atoms. The van der Waals surface area contributed by atoms with Gasteiger partial charge in [0.05, 0.1) is 18.2 Å². The molecule has 0 bridgehead atoms. The first-order chi connectivity index (χ1) is 15.6. The minimum absolute atomic E-state index is 0.0362. The van der Waals surface area contributed by atoms with Gasteiger partial charge >= 0.3 is 0 Å². The molecule has 1 aliphatic heterocycles. The molecule has 162 valence electrons. The lowest BCUT2D eigenvalue weighted by atomic mass is 9.96. The quantitative estimate of drug-likeness (QED) is 0.348. The summed E-state index contributed by atoms with van der Waals surface area (Å²) < 4.78 is 5.59. The number of likely N-dealkylation sites (tertiary alicyclic amines) is 1. The Hall–Kier alpha value is -4.00. The van der Waals surface area contributed by atoms with Crippen LogP contribution in [0.15, 0.2) is 78.9 Å². The highest BCUT2D eigenvalue weighted by Crippen LogP contribution is 2.40. The van der Waals surface area contributed by atoms with Crippen LogP contribution >= 0.6 is 0 Å². The standard InChI is InChI=1S/C25H23N3O4/c1-2-13-32-20-9-7-18(8-10-20)23(29)21-22(19-6-4-12-27-15-19)28(25(31)24(21)30)16-17-5-3-11-26-14-17/h3-12,14-15,22,29H,2,13,16H2,1H3/b23-21+/t22-/m0/s1. The first-order valence-corrected chi connectivity index (χ1v) is 10.4. The molecular weight excluding hydrogens is 406 g/mol. The van der Waals surface area contributed by atoms with Crippen LogP contribution in [0.25, 0.3) is 5.76 Å². The van der Waals surface area contributed by atoms with Crippen LogP contribution in [0.4, 0.5) is 0 Å². The molecule has 0 saturated carbocycles. The summed E-state index contributed by atoms with van der Waals surface area (Å²) in [6, 6.07) is 13.2. The molecule has 1 N–H and O–H groups in total. The molecule has 7 nitrogen and oxygen atoms in total. The number of hydrogen-bond acceptors (Lipinski definition) is 6. The highest BCUT2D eigenvalue weighted by molar-refractivity contribution is 6.46. The largest absolute Gasteiger partial charge is 0.507 e. The number of amides is 1. The van der Waals surface area contributed by atoms with Crippen molar-refractivity contribution in [3.63, 3.8) is 0 Å². The average molecular weight is 429 g/mol. The summed E-state index contributed by atoms with van der Waals surface area (Å²) in [4.78, 5) is 35.7. The summed E-state index contributed by atoms with van der Waals surface area (Å²) in [5.74, 6) is -0.962. The van der Waals surface area contributed by atoms with Crippen LogP contribution in [0.1, 0.15) is 36.1 Å². The van der Waals surface area contributed by atoms with Crippen molar-refractivity contribution < 1.29 is 19.4 Å². The number of rotatable bonds is 7. The molecule has 1 fully saturated rings. The Morgan fingerprint density at radius 1 is 1.03 bits per heavy atom. The predicted octanol–water partition coefficient (Wildman–Crippen LogP) is 3.89. The van der Waals surface area contributed by atoms with E-state index in [1.165, 1.54) is 4.90 Å². The van der Waals surface area contributed by atoms with E-state index in [0.29, 0.717) is 23.5 Å². The number of benzene rings is 1. The van der Waals surface area contributed by atoms with Gasteiger partial charge in [0.1, 0.15) is 11.5 Å². The fourth-order valence-electron chi connectivity index (χ4n) is 3.70. The van der Waals surface area contributed by atoms with E-state index in [1.807, 2.05) is 13.0 Å². The van der Waals surface area contributed by atoms with E-state index in [-0.39, 0.29) is 17.9 Å². The van der Waals surface area contributed by atoms with Crippen LogP contribution in [0.3, 0.4) is 0 Å². The second kappa shape index (κ2) is 9.43. The highest BCUT2D eigenvalue weighted by Gasteiger charge is 2.46. The zero-order valence-corrected chi connectivity index (χ0v) is 17.6. The molecule has 32 heavy (non-hydrogen) atoms. The molecule has 1 aliphatic rings. The topological polar surface area (TPSA) is 92.6 Å². The van der Waals surface area contributed by atoms with Gasteiger partial charge in [-0.3, -0.25) is 19.6 Å². The molecule has 2 aromatic heterocycles. The molecule has 7 heteroatoms. The monoisotopic (exact) mass is 429 g/mol. The van der Waals surface area contributed by atoms with Crippen LogP contribution in [-0.4, -0.2) is 38.3 Å². The maximum absolute atomic E-state index is 13.0. The Bertz CT molecular complexity index is 1130. The minimum atomic E-state index is -0.764. The lowest BCUT2D eigenvalue weighted by Crippen LogP contribution is -2.29. The summed E-state index contributed by atoms with van der Waals surface area (Å²) in [5.41, 5.74) is 1.89. The zero-order chi connectivity index (χ0) is 22.5. The van der Waals surface area contributed by atoms with Crippen LogP contribution in [0.5, 0.6) is 5.75 Å². The smallest absolute Gasteiger partial charge is 0.295 e. The summed E-state index contributed by atoms with van der Waals surface area (Å²) >= 11 is 0. The number of carbonyl (C=O) groups excluding carboxylic acids is 2. The third kappa shape index (κ3) is 4.23. The Labute approximate surface area is 186 Å². The number of pyridine rings is 2. The molecule has 4 rings (SSSR count). The summed E-state index contributed by atoms with van der Waals surface area (Å²) in [6.07, 6.45) is 7.39. The molecule has 1 aromatic carbocycles. The van der Waals surface area contributed by atoms with Gasteiger partial charge in [-0.1, -0.05) is 19.1 Å². The number of aliphatic hydroxyl groups is 1. The molecule has 0 unspecified atom stereocenters. The van der Waals surface area contributed by atoms with Crippen LogP contribution in [-0.2, 0) is 16.1 Å². The molecule has 0 radical (unpaired) electrons.